The number of benzene rings is 1. The van der Waals surface area contributed by atoms with Gasteiger partial charge >= 0.3 is 18.9 Å². The predicted molar refractivity (Wildman–Crippen MR) is 108 cm³/mol. The standard InChI is InChI=1S/C22H22O13.Li/c1-5-11-6(3-9(24)12(5)21(31)32)15(26)13-7(14(11)25)2-8(20(30)22(13,33)34)19-18(29)17(28)16(27)10(4-23)35-19;/h2-3,10,16-20,23-24,27-30,33-34H,4H2,1H3,(H,31,32);/q;+1/p-1/t10-,16-,17+,18-,19-,20?;/m1./s1. The number of hydrogen-bond acceptors (Lipinski definition) is 13. The molecule has 36 heavy (non-hydrogen) atoms. The molecular formula is C22H21LiO13. The van der Waals surface area contributed by atoms with Crippen molar-refractivity contribution in [1.29, 1.82) is 0 Å². The van der Waals surface area contributed by atoms with Crippen molar-refractivity contribution in [2.24, 2.45) is 0 Å². The fraction of sp³-hybridized carbons (Fsp3) is 0.409. The molecule has 0 spiro atoms. The average molecular weight is 500 g/mol. The molecule has 3 aliphatic rings. The van der Waals surface area contributed by atoms with Gasteiger partial charge in [-0.1, -0.05) is 0 Å². The number of ketones is 2. The van der Waals surface area contributed by atoms with E-state index >= 15 is 0 Å². The van der Waals surface area contributed by atoms with Crippen LogP contribution in [-0.4, -0.2) is 107 Å². The van der Waals surface area contributed by atoms with E-state index in [1.54, 1.807) is 0 Å². The van der Waals surface area contributed by atoms with Crippen molar-refractivity contribution in [1.82, 2.24) is 0 Å². The second-order valence-corrected chi connectivity index (χ2v) is 8.58. The summed E-state index contributed by atoms with van der Waals surface area (Å²) >= 11 is 0. The van der Waals surface area contributed by atoms with Crippen LogP contribution in [0.15, 0.2) is 28.9 Å². The summed E-state index contributed by atoms with van der Waals surface area (Å²) in [6, 6.07) is 0.663. The topological polar surface area (TPSA) is 245 Å². The first kappa shape index (κ1) is 28.2. The number of aliphatic hydroxyl groups excluding tert-OH is 5. The van der Waals surface area contributed by atoms with Gasteiger partial charge in [-0.2, -0.15) is 0 Å². The summed E-state index contributed by atoms with van der Waals surface area (Å²) in [5, 5.41) is 93.5. The molecule has 13 nitrogen and oxygen atoms in total. The maximum Gasteiger partial charge on any atom is 1.00 e. The Labute approximate surface area is 214 Å². The van der Waals surface area contributed by atoms with Gasteiger partial charge in [-0.05, 0) is 30.2 Å². The Morgan fingerprint density at radius 1 is 1.08 bits per heavy atom. The van der Waals surface area contributed by atoms with Crippen LogP contribution in [-0.2, 0) is 4.74 Å². The summed E-state index contributed by atoms with van der Waals surface area (Å²) in [7, 11) is 0. The molecule has 0 bridgehead atoms. The first-order valence-electron chi connectivity index (χ1n) is 10.3. The molecule has 188 valence electrons. The van der Waals surface area contributed by atoms with Crippen molar-refractivity contribution in [3.63, 3.8) is 0 Å². The average Bonchev–Trinajstić information content (AvgIpc) is 2.77. The number of Topliss-reactive ketones (excluding diaryl/α,β-unsaturated/α-hetero) is 2. The Kier molecular flexibility index (Phi) is 7.41. The summed E-state index contributed by atoms with van der Waals surface area (Å²) in [6.45, 7) is 0.299. The second kappa shape index (κ2) is 9.47. The van der Waals surface area contributed by atoms with E-state index in [1.165, 1.54) is 0 Å². The van der Waals surface area contributed by atoms with Crippen LogP contribution in [0.1, 0.15) is 36.6 Å². The number of carboxylic acids is 1. The smallest absolute Gasteiger partial charge is 0.545 e. The first-order valence-corrected chi connectivity index (χ1v) is 10.3. The Morgan fingerprint density at radius 3 is 2.25 bits per heavy atom. The fourth-order valence-corrected chi connectivity index (χ4v) is 4.77. The molecule has 2 aliphatic carbocycles. The van der Waals surface area contributed by atoms with Gasteiger partial charge in [0.1, 0.15) is 42.4 Å². The SMILES string of the molecule is Cc1c(C(=O)[O-])c(O)cc2c1C(=O)C1=C(C2=O)C(O)(O)C(O)C([C@H]2O[C@H](CO)[C@@H](O)[C@H](O)[C@H]2O)=C1.[Li+]. The number of phenols is 1. The molecule has 1 aliphatic heterocycles. The molecule has 1 aromatic carbocycles. The van der Waals surface area contributed by atoms with Crippen molar-refractivity contribution in [2.75, 3.05) is 6.61 Å². The molecule has 14 heteroatoms. The van der Waals surface area contributed by atoms with Crippen LogP contribution >= 0.6 is 0 Å². The van der Waals surface area contributed by atoms with Crippen molar-refractivity contribution in [3.8, 4) is 5.75 Å². The normalized spacial score (nSPS) is 31.3. The number of ether oxygens (including phenoxy) is 1. The van der Waals surface area contributed by atoms with Crippen LogP contribution in [0, 0.1) is 6.92 Å². The van der Waals surface area contributed by atoms with Gasteiger partial charge < -0.3 is 55.5 Å². The van der Waals surface area contributed by atoms with Gasteiger partial charge in [0.15, 0.2) is 11.6 Å². The Hall–Kier alpha value is -2.41. The van der Waals surface area contributed by atoms with E-state index in [0.29, 0.717) is 6.07 Å². The van der Waals surface area contributed by atoms with E-state index in [9.17, 15) is 60.3 Å². The van der Waals surface area contributed by atoms with Crippen LogP contribution in [0.25, 0.3) is 0 Å². The summed E-state index contributed by atoms with van der Waals surface area (Å²) < 4.78 is 5.34. The molecule has 6 atom stereocenters. The zero-order chi connectivity index (χ0) is 26.1. The predicted octanol–water partition coefficient (Wildman–Crippen LogP) is -7.43. The van der Waals surface area contributed by atoms with E-state index in [4.69, 9.17) is 4.74 Å². The Balaban J connectivity index is 0.00000361. The van der Waals surface area contributed by atoms with Crippen LogP contribution in [0.3, 0.4) is 0 Å². The van der Waals surface area contributed by atoms with E-state index < -0.39 is 106 Å². The van der Waals surface area contributed by atoms with E-state index in [-0.39, 0.29) is 24.4 Å². The number of aliphatic hydroxyl groups is 7. The molecule has 1 saturated heterocycles. The third-order valence-electron chi connectivity index (χ3n) is 6.57. The number of carbonyl (C=O) groups excluding carboxylic acids is 3. The van der Waals surface area contributed by atoms with Gasteiger partial charge in [0.05, 0.1) is 18.1 Å². The summed E-state index contributed by atoms with van der Waals surface area (Å²) in [5.41, 5.74) is -4.34. The fourth-order valence-electron chi connectivity index (χ4n) is 4.77. The van der Waals surface area contributed by atoms with Gasteiger partial charge in [0.25, 0.3) is 0 Å². The third kappa shape index (κ3) is 3.85. The molecule has 0 saturated carbocycles. The quantitative estimate of drug-likeness (QED) is 0.142. The summed E-state index contributed by atoms with van der Waals surface area (Å²) in [4.78, 5) is 38.0. The van der Waals surface area contributed by atoms with Crippen molar-refractivity contribution in [2.45, 2.75) is 49.3 Å². The van der Waals surface area contributed by atoms with Crippen molar-refractivity contribution in [3.05, 3.63) is 51.1 Å². The zero-order valence-electron chi connectivity index (χ0n) is 18.9. The Bertz CT molecular complexity index is 1210. The molecular weight excluding hydrogens is 479 g/mol. The minimum Gasteiger partial charge on any atom is -0.545 e. The van der Waals surface area contributed by atoms with Gasteiger partial charge in [0.2, 0.25) is 5.79 Å². The summed E-state index contributed by atoms with van der Waals surface area (Å²) in [5.74, 6) is -8.44. The minimum atomic E-state index is -3.43. The monoisotopic (exact) mass is 500 g/mol. The zero-order valence-corrected chi connectivity index (χ0v) is 18.9. The second-order valence-electron chi connectivity index (χ2n) is 8.58. The first-order chi connectivity index (χ1) is 16.2. The number of hydrogen-bond donors (Lipinski definition) is 8. The van der Waals surface area contributed by atoms with E-state index in [1.807, 2.05) is 0 Å². The number of fused-ring (bicyclic) bond motifs is 1. The number of aromatic carboxylic acids is 1. The molecule has 0 aromatic heterocycles. The van der Waals surface area contributed by atoms with Crippen molar-refractivity contribution < 1.29 is 83.9 Å². The minimum absolute atomic E-state index is 0. The number of rotatable bonds is 3. The van der Waals surface area contributed by atoms with Gasteiger partial charge in [-0.3, -0.25) is 9.59 Å². The van der Waals surface area contributed by atoms with Crippen LogP contribution in [0.5, 0.6) is 5.75 Å². The van der Waals surface area contributed by atoms with Crippen LogP contribution < -0.4 is 24.0 Å². The van der Waals surface area contributed by atoms with Gasteiger partial charge in [-0.25, -0.2) is 0 Å². The summed E-state index contributed by atoms with van der Waals surface area (Å²) in [6.07, 6.45) is -10.4. The molecule has 1 fully saturated rings. The number of aromatic hydroxyl groups is 1. The maximum atomic E-state index is 13.4. The molecule has 8 N–H and O–H groups in total. The van der Waals surface area contributed by atoms with Crippen LogP contribution in [0.4, 0.5) is 0 Å². The third-order valence-corrected chi connectivity index (χ3v) is 6.57. The molecule has 4 rings (SSSR count). The van der Waals surface area contributed by atoms with Crippen LogP contribution in [0.2, 0.25) is 0 Å². The van der Waals surface area contributed by atoms with Gasteiger partial charge in [0, 0.05) is 22.3 Å². The van der Waals surface area contributed by atoms with Crippen molar-refractivity contribution >= 4 is 17.5 Å². The maximum absolute atomic E-state index is 13.4. The van der Waals surface area contributed by atoms with E-state index in [0.717, 1.165) is 13.0 Å². The van der Waals surface area contributed by atoms with E-state index in [2.05, 4.69) is 0 Å². The number of carbonyl (C=O) groups is 3. The molecule has 0 amide bonds. The Morgan fingerprint density at radius 2 is 1.69 bits per heavy atom. The number of allylic oxidation sites excluding steroid dienone is 2. The molecule has 1 heterocycles. The molecule has 0 radical (unpaired) electrons. The van der Waals surface area contributed by atoms with Gasteiger partial charge in [-0.15, -0.1) is 0 Å². The molecule has 1 aromatic rings. The number of carboxylic acid groups (broad SMARTS) is 1. The largest absolute Gasteiger partial charge is 1.00 e. The molecule has 1 unspecified atom stereocenters.